The van der Waals surface area contributed by atoms with Crippen molar-refractivity contribution in [3.05, 3.63) is 16.8 Å². The summed E-state index contributed by atoms with van der Waals surface area (Å²) in [5.74, 6) is -0.849. The monoisotopic (exact) mass is 404 g/mol. The quantitative estimate of drug-likeness (QED) is 0.620. The molecule has 1 N–H and O–H groups in total. The Kier molecular flexibility index (Phi) is 5.82. The van der Waals surface area contributed by atoms with Crippen molar-refractivity contribution < 1.29 is 14.3 Å². The average molecular weight is 403 g/mol. The molecular formula is C13H17ClN2O3Sn. The molecule has 0 unspecified atom stereocenters. The second-order valence-corrected chi connectivity index (χ2v) is 12.1. The van der Waals surface area contributed by atoms with E-state index in [1.807, 2.05) is 0 Å². The van der Waals surface area contributed by atoms with Crippen molar-refractivity contribution in [1.82, 2.24) is 4.98 Å². The Hall–Kier alpha value is -0.821. The van der Waals surface area contributed by atoms with Gasteiger partial charge >= 0.3 is 134 Å². The van der Waals surface area contributed by atoms with Gasteiger partial charge in [0.25, 0.3) is 0 Å². The van der Waals surface area contributed by atoms with Crippen LogP contribution in [0.15, 0.2) is 6.07 Å². The summed E-state index contributed by atoms with van der Waals surface area (Å²) in [5, 5.41) is 2.74. The number of methoxy groups -OCH3 is 1. The normalized spacial score (nSPS) is 11.1. The number of halogens is 1. The first-order valence-electron chi connectivity index (χ1n) is 5.98. The van der Waals surface area contributed by atoms with Crippen LogP contribution in [0.3, 0.4) is 0 Å². The van der Waals surface area contributed by atoms with Crippen LogP contribution in [0.25, 0.3) is 0 Å². The molecule has 0 aliphatic carbocycles. The second kappa shape index (κ2) is 6.76. The SMILES string of the molecule is COC(=O)c1n[c]([Sn][C](C)(C)C)cc(NC(C)=O)c1Cl. The number of carbonyl (C=O) groups is 2. The molecule has 0 atom stereocenters. The molecule has 20 heavy (non-hydrogen) atoms. The minimum atomic E-state index is -1.04. The number of hydrogen-bond donors (Lipinski definition) is 1. The Morgan fingerprint density at radius 3 is 2.45 bits per heavy atom. The molecular weight excluding hydrogens is 386 g/mol. The summed E-state index contributed by atoms with van der Waals surface area (Å²) in [7, 11) is 1.27. The summed E-state index contributed by atoms with van der Waals surface area (Å²) >= 11 is 5.07. The van der Waals surface area contributed by atoms with Crippen LogP contribution in [0.2, 0.25) is 8.45 Å². The molecule has 0 aliphatic heterocycles. The third-order valence-electron chi connectivity index (χ3n) is 2.15. The fraction of sp³-hybridized carbons (Fsp3) is 0.462. The molecule has 1 aromatic rings. The molecule has 2 radical (unpaired) electrons. The zero-order chi connectivity index (χ0) is 15.5. The van der Waals surface area contributed by atoms with Gasteiger partial charge in [-0.25, -0.2) is 0 Å². The van der Waals surface area contributed by atoms with E-state index in [1.165, 1.54) is 14.0 Å². The van der Waals surface area contributed by atoms with Crippen LogP contribution >= 0.6 is 11.6 Å². The van der Waals surface area contributed by atoms with E-state index in [0.29, 0.717) is 5.69 Å². The maximum atomic E-state index is 11.7. The van der Waals surface area contributed by atoms with Gasteiger partial charge in [0.05, 0.1) is 0 Å². The molecule has 1 aromatic heterocycles. The third kappa shape index (κ3) is 4.94. The Bertz CT molecular complexity index is 541. The Balaban J connectivity index is 3.33. The van der Waals surface area contributed by atoms with Crippen LogP contribution in [0, 0.1) is 0 Å². The average Bonchev–Trinajstić information content (AvgIpc) is 2.29. The number of nitrogens with zero attached hydrogens (tertiary/aromatic N) is 1. The summed E-state index contributed by atoms with van der Waals surface area (Å²) in [6, 6.07) is 1.76. The summed E-state index contributed by atoms with van der Waals surface area (Å²) in [6.07, 6.45) is 0. The standard InChI is InChI=1S/C9H8ClN2O3.C4H9.Sn/c1-5(13)12-6-3-4-11-8(7(6)10)9(14)15-2;1-4(2)3;/h3H,1-2H3,(H,11,12,13);1-3H3;. The molecule has 1 heterocycles. The van der Waals surface area contributed by atoms with E-state index < -0.39 is 27.1 Å². The predicted octanol–water partition coefficient (Wildman–Crippen LogP) is 2.03. The van der Waals surface area contributed by atoms with Crippen molar-refractivity contribution in [2.24, 2.45) is 0 Å². The number of ether oxygens (including phenoxy) is 1. The first-order chi connectivity index (χ1) is 9.14. The van der Waals surface area contributed by atoms with Crippen LogP contribution in [0.4, 0.5) is 5.69 Å². The van der Waals surface area contributed by atoms with Crippen LogP contribution in [-0.2, 0) is 9.53 Å². The molecule has 0 aromatic carbocycles. The summed E-state index contributed by atoms with van der Waals surface area (Å²) in [4.78, 5) is 27.3. The predicted molar refractivity (Wildman–Crippen MR) is 80.0 cm³/mol. The van der Waals surface area contributed by atoms with Crippen molar-refractivity contribution in [3.8, 4) is 0 Å². The van der Waals surface area contributed by atoms with Crippen LogP contribution in [0.5, 0.6) is 0 Å². The first-order valence-corrected chi connectivity index (χ1v) is 9.22. The second-order valence-electron chi connectivity index (χ2n) is 5.27. The van der Waals surface area contributed by atoms with Crippen molar-refractivity contribution in [3.63, 3.8) is 0 Å². The van der Waals surface area contributed by atoms with Crippen LogP contribution in [-0.4, -0.2) is 45.1 Å². The van der Waals surface area contributed by atoms with Gasteiger partial charge in [-0.1, -0.05) is 0 Å². The summed E-state index contributed by atoms with van der Waals surface area (Å²) in [5.41, 5.74) is 0.468. The molecule has 108 valence electrons. The maximum absolute atomic E-state index is 11.7. The Morgan fingerprint density at radius 2 is 2.00 bits per heavy atom. The number of esters is 1. The number of nitrogens with one attached hydrogen (secondary N) is 1. The molecule has 1 amide bonds. The molecule has 0 saturated carbocycles. The van der Waals surface area contributed by atoms with Gasteiger partial charge in [-0.2, -0.15) is 0 Å². The van der Waals surface area contributed by atoms with Crippen molar-refractivity contribution in [1.29, 1.82) is 0 Å². The summed E-state index contributed by atoms with van der Waals surface area (Å²) in [6.45, 7) is 7.78. The molecule has 7 heteroatoms. The van der Waals surface area contributed by atoms with E-state index in [0.717, 1.165) is 3.71 Å². The molecule has 0 fully saturated rings. The van der Waals surface area contributed by atoms with E-state index >= 15 is 0 Å². The summed E-state index contributed by atoms with van der Waals surface area (Å²) < 4.78 is 5.68. The van der Waals surface area contributed by atoms with E-state index in [-0.39, 0.29) is 20.1 Å². The molecule has 0 spiro atoms. The van der Waals surface area contributed by atoms with E-state index in [9.17, 15) is 9.59 Å². The molecule has 0 aliphatic rings. The topological polar surface area (TPSA) is 68.3 Å². The van der Waals surface area contributed by atoms with Gasteiger partial charge in [-0.3, -0.25) is 0 Å². The van der Waals surface area contributed by atoms with Gasteiger partial charge < -0.3 is 0 Å². The molecule has 5 nitrogen and oxygen atoms in total. The number of pyridine rings is 1. The van der Waals surface area contributed by atoms with Gasteiger partial charge in [0.1, 0.15) is 0 Å². The number of anilines is 1. The van der Waals surface area contributed by atoms with E-state index in [2.05, 4.69) is 35.8 Å². The minimum absolute atomic E-state index is 0.0561. The fourth-order valence-corrected chi connectivity index (χ4v) is 5.00. The fourth-order valence-electron chi connectivity index (χ4n) is 1.49. The van der Waals surface area contributed by atoms with Crippen LogP contribution < -0.4 is 9.03 Å². The number of hydrogen-bond acceptors (Lipinski definition) is 4. The molecule has 0 saturated heterocycles. The number of carbonyl (C=O) groups excluding carboxylic acids is 2. The van der Waals surface area contributed by atoms with Gasteiger partial charge in [0, 0.05) is 0 Å². The first kappa shape index (κ1) is 17.2. The van der Waals surface area contributed by atoms with Gasteiger partial charge in [0.2, 0.25) is 0 Å². The number of aromatic nitrogens is 1. The van der Waals surface area contributed by atoms with Crippen molar-refractivity contribution in [2.45, 2.75) is 31.1 Å². The number of amides is 1. The molecule has 1 rings (SSSR count). The van der Waals surface area contributed by atoms with Crippen molar-refractivity contribution in [2.75, 3.05) is 12.4 Å². The zero-order valence-electron chi connectivity index (χ0n) is 12.1. The molecule has 0 bridgehead atoms. The van der Waals surface area contributed by atoms with Crippen molar-refractivity contribution >= 4 is 54.0 Å². The Morgan fingerprint density at radius 1 is 1.40 bits per heavy atom. The number of rotatable bonds is 3. The Labute approximate surface area is 133 Å². The van der Waals surface area contributed by atoms with E-state index in [1.54, 1.807) is 6.07 Å². The third-order valence-corrected chi connectivity index (χ3v) is 6.14. The van der Waals surface area contributed by atoms with Gasteiger partial charge in [-0.05, 0) is 0 Å². The van der Waals surface area contributed by atoms with E-state index in [4.69, 9.17) is 11.6 Å². The van der Waals surface area contributed by atoms with Crippen LogP contribution in [0.1, 0.15) is 38.2 Å². The van der Waals surface area contributed by atoms with Gasteiger partial charge in [0.15, 0.2) is 0 Å². The zero-order valence-corrected chi connectivity index (χ0v) is 15.7. The van der Waals surface area contributed by atoms with Gasteiger partial charge in [-0.15, -0.1) is 0 Å².